The molecule has 0 saturated carbocycles. The number of amides is 1. The first-order chi connectivity index (χ1) is 9.69. The molecule has 2 aliphatic heterocycles. The van der Waals surface area contributed by atoms with Crippen LogP contribution in [0.2, 0.25) is 0 Å². The number of likely N-dealkylation sites (tertiary alicyclic amines) is 2. The fraction of sp³-hybridized carbons (Fsp3) is 0.941. The highest BCUT2D eigenvalue weighted by molar-refractivity contribution is 5.75. The van der Waals surface area contributed by atoms with Gasteiger partial charge in [0.2, 0.25) is 5.91 Å². The van der Waals surface area contributed by atoms with Crippen LogP contribution in [0.15, 0.2) is 0 Å². The molecule has 116 valence electrons. The lowest BCUT2D eigenvalue weighted by molar-refractivity contribution is -0.133. The second-order valence-corrected chi connectivity index (χ2v) is 6.78. The Kier molecular flexibility index (Phi) is 5.88. The van der Waals surface area contributed by atoms with Crippen LogP contribution in [0, 0.1) is 5.41 Å². The number of hydrogen-bond donors (Lipinski definition) is 0. The fourth-order valence-corrected chi connectivity index (χ4v) is 3.79. The third kappa shape index (κ3) is 3.97. The summed E-state index contributed by atoms with van der Waals surface area (Å²) < 4.78 is 0. The minimum atomic E-state index is 0.344. The van der Waals surface area contributed by atoms with E-state index in [9.17, 15) is 4.79 Å². The fourth-order valence-electron chi connectivity index (χ4n) is 3.79. The minimum absolute atomic E-state index is 0.344. The lowest BCUT2D eigenvalue weighted by atomic mass is 9.71. The maximum atomic E-state index is 11.8. The van der Waals surface area contributed by atoms with Crippen molar-refractivity contribution in [1.82, 2.24) is 9.80 Å². The first-order valence-corrected chi connectivity index (χ1v) is 8.69. The number of carbonyl (C=O) groups is 1. The van der Waals surface area contributed by atoms with Gasteiger partial charge in [-0.15, -0.1) is 0 Å². The highest BCUT2D eigenvalue weighted by atomic mass is 16.2. The standard InChI is InChI=1S/C17H32N2O/c1-3-5-6-11-18-12-7-17(8-13-18)9-14-19(15-10-17)16(20)4-2/h3-15H2,1-2H3. The molecule has 1 amide bonds. The van der Waals surface area contributed by atoms with Crippen molar-refractivity contribution in [2.24, 2.45) is 5.41 Å². The molecule has 2 aliphatic rings. The predicted molar refractivity (Wildman–Crippen MR) is 83.7 cm³/mol. The molecule has 3 heteroatoms. The molecule has 2 heterocycles. The zero-order valence-corrected chi connectivity index (χ0v) is 13.5. The van der Waals surface area contributed by atoms with Gasteiger partial charge < -0.3 is 9.80 Å². The lowest BCUT2D eigenvalue weighted by Crippen LogP contribution is -2.48. The van der Waals surface area contributed by atoms with Crippen molar-refractivity contribution >= 4 is 5.91 Å². The van der Waals surface area contributed by atoms with Gasteiger partial charge in [-0.2, -0.15) is 0 Å². The second kappa shape index (κ2) is 7.44. The maximum absolute atomic E-state index is 11.8. The Bertz CT molecular complexity index is 298. The normalized spacial score (nSPS) is 23.2. The average Bonchev–Trinajstić information content (AvgIpc) is 2.50. The van der Waals surface area contributed by atoms with E-state index in [1.165, 1.54) is 64.6 Å². The number of nitrogens with zero attached hydrogens (tertiary/aromatic N) is 2. The number of hydrogen-bond acceptors (Lipinski definition) is 2. The SMILES string of the molecule is CCCCCN1CCC2(CC1)CCN(C(=O)CC)CC2. The molecule has 0 unspecified atom stereocenters. The van der Waals surface area contributed by atoms with Gasteiger partial charge in [0.25, 0.3) is 0 Å². The summed E-state index contributed by atoms with van der Waals surface area (Å²) in [5, 5.41) is 0. The summed E-state index contributed by atoms with van der Waals surface area (Å²) >= 11 is 0. The van der Waals surface area contributed by atoms with Crippen LogP contribution in [0.4, 0.5) is 0 Å². The van der Waals surface area contributed by atoms with Crippen molar-refractivity contribution in [2.45, 2.75) is 65.2 Å². The summed E-state index contributed by atoms with van der Waals surface area (Å²) in [6, 6.07) is 0. The summed E-state index contributed by atoms with van der Waals surface area (Å²) in [4.78, 5) is 16.5. The van der Waals surface area contributed by atoms with Gasteiger partial charge in [-0.3, -0.25) is 4.79 Å². The van der Waals surface area contributed by atoms with Crippen molar-refractivity contribution in [2.75, 3.05) is 32.7 Å². The summed E-state index contributed by atoms with van der Waals surface area (Å²) in [6.07, 6.45) is 9.90. The van der Waals surface area contributed by atoms with Crippen LogP contribution in [0.3, 0.4) is 0 Å². The van der Waals surface area contributed by atoms with Crippen molar-refractivity contribution in [1.29, 1.82) is 0 Å². The molecule has 0 aliphatic carbocycles. The summed E-state index contributed by atoms with van der Waals surface area (Å²) in [6.45, 7) is 10.1. The molecular weight excluding hydrogens is 248 g/mol. The molecular formula is C17H32N2O. The molecule has 0 radical (unpaired) electrons. The third-order valence-corrected chi connectivity index (χ3v) is 5.47. The Hall–Kier alpha value is -0.570. The van der Waals surface area contributed by atoms with Crippen molar-refractivity contribution in [3.8, 4) is 0 Å². The molecule has 2 saturated heterocycles. The van der Waals surface area contributed by atoms with Crippen LogP contribution in [-0.2, 0) is 4.79 Å². The molecule has 3 nitrogen and oxygen atoms in total. The number of rotatable bonds is 5. The third-order valence-electron chi connectivity index (χ3n) is 5.47. The zero-order valence-electron chi connectivity index (χ0n) is 13.5. The van der Waals surface area contributed by atoms with Gasteiger partial charge in [-0.05, 0) is 57.2 Å². The van der Waals surface area contributed by atoms with E-state index >= 15 is 0 Å². The molecule has 1 spiro atoms. The lowest BCUT2D eigenvalue weighted by Gasteiger charge is -2.47. The minimum Gasteiger partial charge on any atom is -0.343 e. The van der Waals surface area contributed by atoms with Crippen LogP contribution in [0.25, 0.3) is 0 Å². The van der Waals surface area contributed by atoms with Crippen LogP contribution in [0.1, 0.15) is 65.2 Å². The number of unbranched alkanes of at least 4 members (excludes halogenated alkanes) is 2. The summed E-state index contributed by atoms with van der Waals surface area (Å²) in [5.74, 6) is 0.344. The van der Waals surface area contributed by atoms with E-state index in [4.69, 9.17) is 0 Å². The van der Waals surface area contributed by atoms with Crippen molar-refractivity contribution in [3.63, 3.8) is 0 Å². The maximum Gasteiger partial charge on any atom is 0.222 e. The Morgan fingerprint density at radius 1 is 0.950 bits per heavy atom. The van der Waals surface area contributed by atoms with Gasteiger partial charge in [0.05, 0.1) is 0 Å². The van der Waals surface area contributed by atoms with Gasteiger partial charge >= 0.3 is 0 Å². The first kappa shape index (κ1) is 15.8. The molecule has 20 heavy (non-hydrogen) atoms. The Labute approximate surface area is 124 Å². The van der Waals surface area contributed by atoms with Gasteiger partial charge in [0.1, 0.15) is 0 Å². The molecule has 0 bridgehead atoms. The zero-order chi connectivity index (χ0) is 14.4. The summed E-state index contributed by atoms with van der Waals surface area (Å²) in [5.41, 5.74) is 0.561. The smallest absolute Gasteiger partial charge is 0.222 e. The monoisotopic (exact) mass is 280 g/mol. The Morgan fingerprint density at radius 3 is 2.10 bits per heavy atom. The van der Waals surface area contributed by atoms with E-state index in [0.717, 1.165) is 13.1 Å². The van der Waals surface area contributed by atoms with Crippen LogP contribution in [0.5, 0.6) is 0 Å². The molecule has 2 fully saturated rings. The van der Waals surface area contributed by atoms with Crippen LogP contribution in [-0.4, -0.2) is 48.4 Å². The van der Waals surface area contributed by atoms with Gasteiger partial charge in [0, 0.05) is 19.5 Å². The van der Waals surface area contributed by atoms with Crippen LogP contribution < -0.4 is 0 Å². The van der Waals surface area contributed by atoms with E-state index < -0.39 is 0 Å². The van der Waals surface area contributed by atoms with Gasteiger partial charge in [-0.1, -0.05) is 26.7 Å². The first-order valence-electron chi connectivity index (χ1n) is 8.69. The van der Waals surface area contributed by atoms with Gasteiger partial charge in [-0.25, -0.2) is 0 Å². The quantitative estimate of drug-likeness (QED) is 0.722. The van der Waals surface area contributed by atoms with E-state index in [0.29, 0.717) is 17.7 Å². The van der Waals surface area contributed by atoms with Gasteiger partial charge in [0.15, 0.2) is 0 Å². The van der Waals surface area contributed by atoms with Crippen LogP contribution >= 0.6 is 0 Å². The number of piperidine rings is 2. The molecule has 0 aromatic heterocycles. The number of carbonyl (C=O) groups excluding carboxylic acids is 1. The molecule has 0 N–H and O–H groups in total. The molecule has 0 atom stereocenters. The van der Waals surface area contributed by atoms with E-state index in [2.05, 4.69) is 16.7 Å². The second-order valence-electron chi connectivity index (χ2n) is 6.78. The Morgan fingerprint density at radius 2 is 1.55 bits per heavy atom. The summed E-state index contributed by atoms with van der Waals surface area (Å²) in [7, 11) is 0. The van der Waals surface area contributed by atoms with E-state index in [1.54, 1.807) is 0 Å². The molecule has 2 rings (SSSR count). The predicted octanol–water partition coefficient (Wildman–Crippen LogP) is 3.29. The van der Waals surface area contributed by atoms with E-state index in [-0.39, 0.29) is 0 Å². The van der Waals surface area contributed by atoms with E-state index in [1.807, 2.05) is 6.92 Å². The highest BCUT2D eigenvalue weighted by Crippen LogP contribution is 2.41. The molecule has 0 aromatic rings. The van der Waals surface area contributed by atoms with Crippen molar-refractivity contribution in [3.05, 3.63) is 0 Å². The topological polar surface area (TPSA) is 23.6 Å². The average molecular weight is 280 g/mol. The highest BCUT2D eigenvalue weighted by Gasteiger charge is 2.37. The van der Waals surface area contributed by atoms with Crippen molar-refractivity contribution < 1.29 is 4.79 Å². The largest absolute Gasteiger partial charge is 0.343 e. The Balaban J connectivity index is 1.72. The molecule has 0 aromatic carbocycles.